The monoisotopic (exact) mass is 336 g/mol. The van der Waals surface area contributed by atoms with E-state index in [1.54, 1.807) is 0 Å². The second kappa shape index (κ2) is 9.04. The Morgan fingerprint density at radius 1 is 1.17 bits per heavy atom. The lowest BCUT2D eigenvalue weighted by Gasteiger charge is -2.29. The maximum absolute atomic E-state index is 11.9. The molecule has 0 bridgehead atoms. The van der Waals surface area contributed by atoms with Crippen LogP contribution in [0.4, 0.5) is 4.79 Å². The number of carbonyl (C=O) groups is 1. The number of aliphatic hydroxyl groups is 1. The van der Waals surface area contributed by atoms with Crippen molar-refractivity contribution >= 4 is 6.09 Å². The van der Waals surface area contributed by atoms with Gasteiger partial charge in [-0.25, -0.2) is 4.79 Å². The van der Waals surface area contributed by atoms with Crippen LogP contribution in [0.3, 0.4) is 0 Å². The van der Waals surface area contributed by atoms with Gasteiger partial charge in [0.05, 0.1) is 6.61 Å². The first kappa shape index (κ1) is 20.5. The minimum atomic E-state index is -0.504. The summed E-state index contributed by atoms with van der Waals surface area (Å²) in [4.78, 5) is 11.9. The lowest BCUT2D eigenvalue weighted by Crippen LogP contribution is -2.48. The molecule has 0 aliphatic heterocycles. The Kier molecular flexibility index (Phi) is 7.70. The van der Waals surface area contributed by atoms with E-state index in [1.165, 1.54) is 5.56 Å². The molecule has 1 aromatic rings. The van der Waals surface area contributed by atoms with Crippen molar-refractivity contribution < 1.29 is 14.6 Å². The van der Waals surface area contributed by atoms with E-state index in [0.717, 1.165) is 12.8 Å². The average Bonchev–Trinajstić information content (AvgIpc) is 2.44. The summed E-state index contributed by atoms with van der Waals surface area (Å²) in [5, 5.41) is 15.8. The van der Waals surface area contributed by atoms with Gasteiger partial charge in [-0.15, -0.1) is 0 Å². The number of carbonyl (C=O) groups excluding carboxylic acids is 1. The van der Waals surface area contributed by atoms with E-state index in [9.17, 15) is 9.90 Å². The molecule has 1 rings (SSSR count). The zero-order valence-electron chi connectivity index (χ0n) is 15.6. The summed E-state index contributed by atoms with van der Waals surface area (Å²) in [7, 11) is 0. The number of alkyl carbamates (subject to hydrolysis) is 1. The van der Waals surface area contributed by atoms with E-state index in [-0.39, 0.29) is 18.2 Å². The van der Waals surface area contributed by atoms with Gasteiger partial charge in [0.25, 0.3) is 0 Å². The third-order valence-electron chi connectivity index (χ3n) is 3.57. The molecule has 0 aromatic heterocycles. The third-order valence-corrected chi connectivity index (χ3v) is 3.57. The van der Waals surface area contributed by atoms with Crippen LogP contribution in [-0.2, 0) is 11.2 Å². The van der Waals surface area contributed by atoms with E-state index in [1.807, 2.05) is 52.8 Å². The zero-order valence-corrected chi connectivity index (χ0v) is 15.6. The lowest BCUT2D eigenvalue weighted by molar-refractivity contribution is 0.0467. The second-order valence-electron chi connectivity index (χ2n) is 7.78. The van der Waals surface area contributed by atoms with Gasteiger partial charge in [0.15, 0.2) is 0 Å². The maximum atomic E-state index is 11.9. The molecule has 1 amide bonds. The highest BCUT2D eigenvalue weighted by Gasteiger charge is 2.24. The molecule has 24 heavy (non-hydrogen) atoms. The second-order valence-corrected chi connectivity index (χ2v) is 7.78. The summed E-state index contributed by atoms with van der Waals surface area (Å²) in [5.41, 5.74) is 0.299. The molecule has 0 unspecified atom stereocenters. The quantitative estimate of drug-likeness (QED) is 0.683. The molecule has 0 saturated carbocycles. The fourth-order valence-corrected chi connectivity index (χ4v) is 2.33. The van der Waals surface area contributed by atoms with Crippen LogP contribution in [-0.4, -0.2) is 41.5 Å². The number of hydrogen-bond acceptors (Lipinski definition) is 4. The molecule has 0 fully saturated rings. The number of nitrogens with one attached hydrogen (secondary N) is 2. The SMILES string of the molecule is CC(C)(CCN[C@H](CO)Cc1ccccc1)NC(=O)OC(C)(C)C. The van der Waals surface area contributed by atoms with Crippen molar-refractivity contribution in [2.45, 2.75) is 64.6 Å². The number of amides is 1. The normalized spacial score (nSPS) is 13.4. The fraction of sp³-hybridized carbons (Fsp3) is 0.632. The van der Waals surface area contributed by atoms with Crippen molar-refractivity contribution in [3.8, 4) is 0 Å². The van der Waals surface area contributed by atoms with Gasteiger partial charge < -0.3 is 20.5 Å². The van der Waals surface area contributed by atoms with Gasteiger partial charge in [-0.05, 0) is 59.6 Å². The van der Waals surface area contributed by atoms with E-state index in [2.05, 4.69) is 22.8 Å². The van der Waals surface area contributed by atoms with Crippen molar-refractivity contribution in [2.24, 2.45) is 0 Å². The molecule has 0 saturated heterocycles. The third kappa shape index (κ3) is 8.89. The van der Waals surface area contributed by atoms with E-state index in [0.29, 0.717) is 6.54 Å². The Bertz CT molecular complexity index is 495. The topological polar surface area (TPSA) is 70.6 Å². The van der Waals surface area contributed by atoms with Crippen LogP contribution in [0.25, 0.3) is 0 Å². The first-order chi connectivity index (χ1) is 11.1. The molecule has 5 heteroatoms. The largest absolute Gasteiger partial charge is 0.444 e. The highest BCUT2D eigenvalue weighted by molar-refractivity contribution is 5.68. The van der Waals surface area contributed by atoms with Gasteiger partial charge in [-0.3, -0.25) is 0 Å². The first-order valence-corrected chi connectivity index (χ1v) is 8.51. The summed E-state index contributed by atoms with van der Waals surface area (Å²) < 4.78 is 5.29. The predicted octanol–water partition coefficient (Wildman–Crippen LogP) is 2.87. The molecular weight excluding hydrogens is 304 g/mol. The van der Waals surface area contributed by atoms with Gasteiger partial charge in [0.2, 0.25) is 0 Å². The van der Waals surface area contributed by atoms with Crippen molar-refractivity contribution in [1.82, 2.24) is 10.6 Å². The molecule has 5 nitrogen and oxygen atoms in total. The highest BCUT2D eigenvalue weighted by Crippen LogP contribution is 2.12. The van der Waals surface area contributed by atoms with Crippen molar-refractivity contribution in [3.05, 3.63) is 35.9 Å². The average molecular weight is 336 g/mol. The van der Waals surface area contributed by atoms with Crippen LogP contribution in [0.5, 0.6) is 0 Å². The number of aliphatic hydroxyl groups excluding tert-OH is 1. The Labute approximate surface area is 145 Å². The number of benzene rings is 1. The number of hydrogen-bond donors (Lipinski definition) is 3. The van der Waals surface area contributed by atoms with E-state index >= 15 is 0 Å². The molecule has 0 spiro atoms. The van der Waals surface area contributed by atoms with Gasteiger partial charge in [-0.2, -0.15) is 0 Å². The van der Waals surface area contributed by atoms with E-state index < -0.39 is 11.7 Å². The smallest absolute Gasteiger partial charge is 0.408 e. The Morgan fingerprint density at radius 2 is 1.79 bits per heavy atom. The van der Waals surface area contributed by atoms with Gasteiger partial charge in [-0.1, -0.05) is 30.3 Å². The fourth-order valence-electron chi connectivity index (χ4n) is 2.33. The van der Waals surface area contributed by atoms with Crippen LogP contribution in [0.15, 0.2) is 30.3 Å². The van der Waals surface area contributed by atoms with E-state index in [4.69, 9.17) is 4.74 Å². The molecule has 0 aliphatic carbocycles. The summed E-state index contributed by atoms with van der Waals surface area (Å²) in [6.45, 7) is 10.2. The summed E-state index contributed by atoms with van der Waals surface area (Å²) in [5.74, 6) is 0. The molecule has 1 aromatic carbocycles. The molecule has 0 aliphatic rings. The molecule has 136 valence electrons. The van der Waals surface area contributed by atoms with Crippen LogP contribution in [0.1, 0.15) is 46.6 Å². The summed E-state index contributed by atoms with van der Waals surface area (Å²) in [6, 6.07) is 10.1. The molecule has 0 radical (unpaired) electrons. The van der Waals surface area contributed by atoms with Crippen LogP contribution >= 0.6 is 0 Å². The van der Waals surface area contributed by atoms with Gasteiger partial charge in [0.1, 0.15) is 5.60 Å². The first-order valence-electron chi connectivity index (χ1n) is 8.51. The maximum Gasteiger partial charge on any atom is 0.408 e. The lowest BCUT2D eigenvalue weighted by atomic mass is 10.0. The van der Waals surface area contributed by atoms with Gasteiger partial charge in [0, 0.05) is 11.6 Å². The summed E-state index contributed by atoms with van der Waals surface area (Å²) in [6.07, 6.45) is 1.10. The predicted molar refractivity (Wildman–Crippen MR) is 97.1 cm³/mol. The molecule has 1 atom stereocenters. The highest BCUT2D eigenvalue weighted by atomic mass is 16.6. The van der Waals surface area contributed by atoms with Gasteiger partial charge >= 0.3 is 6.09 Å². The number of rotatable bonds is 8. The minimum absolute atomic E-state index is 0.00438. The molecule has 3 N–H and O–H groups in total. The Morgan fingerprint density at radius 3 is 2.33 bits per heavy atom. The van der Waals surface area contributed by atoms with Crippen molar-refractivity contribution in [3.63, 3.8) is 0 Å². The number of ether oxygens (including phenoxy) is 1. The Balaban J connectivity index is 2.39. The van der Waals surface area contributed by atoms with Crippen LogP contribution < -0.4 is 10.6 Å². The molecule has 0 heterocycles. The van der Waals surface area contributed by atoms with Crippen molar-refractivity contribution in [2.75, 3.05) is 13.2 Å². The standard InChI is InChI=1S/C19H32N2O3/c1-18(2,3)24-17(23)21-19(4,5)11-12-20-16(14-22)13-15-9-7-6-8-10-15/h6-10,16,20,22H,11-14H2,1-5H3,(H,21,23)/t16-/m0/s1. The zero-order chi connectivity index (χ0) is 18.2. The van der Waals surface area contributed by atoms with Crippen molar-refractivity contribution in [1.29, 1.82) is 0 Å². The van der Waals surface area contributed by atoms with Crippen LogP contribution in [0, 0.1) is 0 Å². The minimum Gasteiger partial charge on any atom is -0.444 e. The molecular formula is C19H32N2O3. The van der Waals surface area contributed by atoms with Crippen LogP contribution in [0.2, 0.25) is 0 Å². The summed E-state index contributed by atoms with van der Waals surface area (Å²) >= 11 is 0. The Hall–Kier alpha value is -1.59.